The van der Waals surface area contributed by atoms with Gasteiger partial charge in [-0.25, -0.2) is 0 Å². The standard InChI is InChI=1S/C16H18N2O/c17-15-7-6-14(13-4-2-1-3-5-13)12-16(15)18-8-10-19-11-9-18/h1-7,12H,8-11,17H2. The molecule has 0 amide bonds. The molecule has 0 saturated carbocycles. The van der Waals surface area contributed by atoms with Crippen LogP contribution in [0, 0.1) is 0 Å². The molecule has 98 valence electrons. The van der Waals surface area contributed by atoms with Crippen molar-refractivity contribution in [1.82, 2.24) is 0 Å². The van der Waals surface area contributed by atoms with E-state index in [9.17, 15) is 0 Å². The molecule has 19 heavy (non-hydrogen) atoms. The van der Waals surface area contributed by atoms with E-state index < -0.39 is 0 Å². The van der Waals surface area contributed by atoms with Crippen LogP contribution >= 0.6 is 0 Å². The van der Waals surface area contributed by atoms with Gasteiger partial charge in [-0.15, -0.1) is 0 Å². The van der Waals surface area contributed by atoms with Crippen LogP contribution in [0.25, 0.3) is 11.1 Å². The predicted molar refractivity (Wildman–Crippen MR) is 79.3 cm³/mol. The highest BCUT2D eigenvalue weighted by Gasteiger charge is 2.14. The van der Waals surface area contributed by atoms with E-state index in [4.69, 9.17) is 10.5 Å². The lowest BCUT2D eigenvalue weighted by molar-refractivity contribution is 0.123. The minimum absolute atomic E-state index is 0.773. The summed E-state index contributed by atoms with van der Waals surface area (Å²) in [5, 5.41) is 0. The van der Waals surface area contributed by atoms with Crippen LogP contribution in [-0.2, 0) is 4.74 Å². The fourth-order valence-electron chi connectivity index (χ4n) is 2.43. The number of anilines is 2. The third-order valence-corrected chi connectivity index (χ3v) is 3.49. The lowest BCUT2D eigenvalue weighted by Crippen LogP contribution is -2.36. The number of nitrogens with two attached hydrogens (primary N) is 1. The van der Waals surface area contributed by atoms with E-state index in [0.29, 0.717) is 0 Å². The molecule has 1 heterocycles. The van der Waals surface area contributed by atoms with Gasteiger partial charge in [0, 0.05) is 13.1 Å². The minimum atomic E-state index is 0.773. The summed E-state index contributed by atoms with van der Waals surface area (Å²) < 4.78 is 5.39. The van der Waals surface area contributed by atoms with Crippen molar-refractivity contribution in [2.75, 3.05) is 36.9 Å². The Bertz CT molecular complexity index is 548. The normalized spacial score (nSPS) is 15.5. The Kier molecular flexibility index (Phi) is 3.38. The zero-order chi connectivity index (χ0) is 13.1. The summed E-state index contributed by atoms with van der Waals surface area (Å²) in [5.41, 5.74) is 10.5. The van der Waals surface area contributed by atoms with E-state index >= 15 is 0 Å². The molecule has 1 aliphatic heterocycles. The van der Waals surface area contributed by atoms with Crippen molar-refractivity contribution < 1.29 is 4.74 Å². The second kappa shape index (κ2) is 5.33. The molecule has 0 aliphatic carbocycles. The van der Waals surface area contributed by atoms with Crippen molar-refractivity contribution in [3.05, 3.63) is 48.5 Å². The number of nitrogen functional groups attached to an aromatic ring is 1. The maximum absolute atomic E-state index is 6.12. The summed E-state index contributed by atoms with van der Waals surface area (Å²) in [4.78, 5) is 2.30. The van der Waals surface area contributed by atoms with Gasteiger partial charge in [-0.1, -0.05) is 36.4 Å². The number of hydrogen-bond acceptors (Lipinski definition) is 3. The molecule has 0 unspecified atom stereocenters. The van der Waals surface area contributed by atoms with Crippen LogP contribution in [0.15, 0.2) is 48.5 Å². The molecule has 0 aromatic heterocycles. The van der Waals surface area contributed by atoms with Gasteiger partial charge in [-0.3, -0.25) is 0 Å². The quantitative estimate of drug-likeness (QED) is 0.837. The van der Waals surface area contributed by atoms with Crippen LogP contribution < -0.4 is 10.6 Å². The molecule has 1 aliphatic rings. The third-order valence-electron chi connectivity index (χ3n) is 3.49. The molecule has 0 radical (unpaired) electrons. The highest BCUT2D eigenvalue weighted by Crippen LogP contribution is 2.30. The molecule has 2 aromatic carbocycles. The lowest BCUT2D eigenvalue weighted by atomic mass is 10.0. The number of ether oxygens (including phenoxy) is 1. The predicted octanol–water partition coefficient (Wildman–Crippen LogP) is 2.77. The van der Waals surface area contributed by atoms with E-state index in [2.05, 4.69) is 41.3 Å². The fourth-order valence-corrected chi connectivity index (χ4v) is 2.43. The maximum Gasteiger partial charge on any atom is 0.0642 e. The Morgan fingerprint density at radius 1 is 0.895 bits per heavy atom. The fraction of sp³-hybridized carbons (Fsp3) is 0.250. The summed E-state index contributed by atoms with van der Waals surface area (Å²) in [6.45, 7) is 3.36. The van der Waals surface area contributed by atoms with Gasteiger partial charge in [-0.05, 0) is 23.3 Å². The average Bonchev–Trinajstić information content (AvgIpc) is 2.49. The van der Waals surface area contributed by atoms with Gasteiger partial charge >= 0.3 is 0 Å². The Labute approximate surface area is 113 Å². The summed E-state index contributed by atoms with van der Waals surface area (Å²) in [6.07, 6.45) is 0. The number of benzene rings is 2. The van der Waals surface area contributed by atoms with Gasteiger partial charge in [-0.2, -0.15) is 0 Å². The molecule has 2 N–H and O–H groups in total. The Morgan fingerprint density at radius 2 is 1.63 bits per heavy atom. The van der Waals surface area contributed by atoms with Gasteiger partial charge in [0.05, 0.1) is 24.6 Å². The van der Waals surface area contributed by atoms with Crippen molar-refractivity contribution in [2.45, 2.75) is 0 Å². The Morgan fingerprint density at radius 3 is 2.37 bits per heavy atom. The van der Waals surface area contributed by atoms with Crippen molar-refractivity contribution in [3.63, 3.8) is 0 Å². The SMILES string of the molecule is Nc1ccc(-c2ccccc2)cc1N1CCOCC1. The molecular weight excluding hydrogens is 236 g/mol. The summed E-state index contributed by atoms with van der Waals surface area (Å²) in [7, 11) is 0. The van der Waals surface area contributed by atoms with Crippen molar-refractivity contribution >= 4 is 11.4 Å². The van der Waals surface area contributed by atoms with Gasteiger partial charge in [0.25, 0.3) is 0 Å². The summed E-state index contributed by atoms with van der Waals surface area (Å²) in [6, 6.07) is 16.6. The van der Waals surface area contributed by atoms with Gasteiger partial charge in [0.15, 0.2) is 0 Å². The minimum Gasteiger partial charge on any atom is -0.397 e. The van der Waals surface area contributed by atoms with E-state index in [1.54, 1.807) is 0 Å². The van der Waals surface area contributed by atoms with E-state index in [0.717, 1.165) is 37.7 Å². The van der Waals surface area contributed by atoms with Crippen LogP contribution in [0.3, 0.4) is 0 Å². The smallest absolute Gasteiger partial charge is 0.0642 e. The van der Waals surface area contributed by atoms with E-state index in [1.807, 2.05) is 12.1 Å². The third kappa shape index (κ3) is 2.56. The van der Waals surface area contributed by atoms with Crippen molar-refractivity contribution in [2.24, 2.45) is 0 Å². The number of rotatable bonds is 2. The molecule has 3 nitrogen and oxygen atoms in total. The van der Waals surface area contributed by atoms with E-state index in [-0.39, 0.29) is 0 Å². The van der Waals surface area contributed by atoms with Gasteiger partial charge in [0.2, 0.25) is 0 Å². The van der Waals surface area contributed by atoms with Crippen LogP contribution in [0.4, 0.5) is 11.4 Å². The molecule has 3 rings (SSSR count). The second-order valence-electron chi connectivity index (χ2n) is 4.74. The van der Waals surface area contributed by atoms with Crippen molar-refractivity contribution in [1.29, 1.82) is 0 Å². The Hall–Kier alpha value is -2.00. The van der Waals surface area contributed by atoms with Crippen LogP contribution in [0.5, 0.6) is 0 Å². The number of nitrogens with zero attached hydrogens (tertiary/aromatic N) is 1. The molecule has 0 spiro atoms. The molecule has 2 aromatic rings. The first-order valence-corrected chi connectivity index (χ1v) is 6.62. The zero-order valence-corrected chi connectivity index (χ0v) is 10.9. The molecule has 1 fully saturated rings. The first-order chi connectivity index (χ1) is 9.34. The maximum atomic E-state index is 6.12. The number of hydrogen-bond donors (Lipinski definition) is 1. The zero-order valence-electron chi connectivity index (χ0n) is 10.9. The number of morpholine rings is 1. The Balaban J connectivity index is 1.96. The van der Waals surface area contributed by atoms with Crippen molar-refractivity contribution in [3.8, 4) is 11.1 Å². The van der Waals surface area contributed by atoms with Gasteiger partial charge in [0.1, 0.15) is 0 Å². The molecule has 3 heteroatoms. The summed E-state index contributed by atoms with van der Waals surface area (Å²) in [5.74, 6) is 0. The lowest BCUT2D eigenvalue weighted by Gasteiger charge is -2.30. The molecule has 0 bridgehead atoms. The monoisotopic (exact) mass is 254 g/mol. The van der Waals surface area contributed by atoms with Crippen LogP contribution in [0.2, 0.25) is 0 Å². The van der Waals surface area contributed by atoms with Crippen LogP contribution in [0.1, 0.15) is 0 Å². The van der Waals surface area contributed by atoms with E-state index in [1.165, 1.54) is 11.1 Å². The highest BCUT2D eigenvalue weighted by atomic mass is 16.5. The first kappa shape index (κ1) is 12.1. The largest absolute Gasteiger partial charge is 0.397 e. The van der Waals surface area contributed by atoms with Gasteiger partial charge < -0.3 is 15.4 Å². The molecule has 0 atom stereocenters. The molecule has 1 saturated heterocycles. The molecular formula is C16H18N2O. The topological polar surface area (TPSA) is 38.5 Å². The second-order valence-corrected chi connectivity index (χ2v) is 4.74. The summed E-state index contributed by atoms with van der Waals surface area (Å²) >= 11 is 0. The first-order valence-electron chi connectivity index (χ1n) is 6.62. The average molecular weight is 254 g/mol. The van der Waals surface area contributed by atoms with Crippen LogP contribution in [-0.4, -0.2) is 26.3 Å². The highest BCUT2D eigenvalue weighted by molar-refractivity contribution is 5.77.